The van der Waals surface area contributed by atoms with Crippen LogP contribution in [0.4, 0.5) is 4.79 Å². The molecule has 0 aliphatic carbocycles. The van der Waals surface area contributed by atoms with Crippen LogP contribution in [0.1, 0.15) is 25.0 Å². The standard InChI is InChI=1S/C15H17NO2/c1-12(2)8-10-18-15(17)16-9-7-13-5-3-4-6-14(13)11-16/h3-9H,10-11H2,1-2H3. The van der Waals surface area contributed by atoms with Crippen molar-refractivity contribution < 1.29 is 9.53 Å². The third-order valence-electron chi connectivity index (χ3n) is 2.76. The average molecular weight is 243 g/mol. The van der Waals surface area contributed by atoms with Gasteiger partial charge in [-0.2, -0.15) is 0 Å². The molecule has 0 radical (unpaired) electrons. The van der Waals surface area contributed by atoms with Gasteiger partial charge in [-0.15, -0.1) is 0 Å². The van der Waals surface area contributed by atoms with Gasteiger partial charge in [0.05, 0.1) is 6.54 Å². The zero-order chi connectivity index (χ0) is 13.0. The van der Waals surface area contributed by atoms with Crippen LogP contribution in [0.3, 0.4) is 0 Å². The second-order valence-corrected chi connectivity index (χ2v) is 4.50. The zero-order valence-electron chi connectivity index (χ0n) is 10.7. The molecule has 0 saturated carbocycles. The van der Waals surface area contributed by atoms with Crippen LogP contribution in [0.25, 0.3) is 6.08 Å². The van der Waals surface area contributed by atoms with E-state index in [4.69, 9.17) is 4.74 Å². The Morgan fingerprint density at radius 1 is 1.39 bits per heavy atom. The van der Waals surface area contributed by atoms with E-state index in [0.29, 0.717) is 13.2 Å². The molecule has 1 aromatic carbocycles. The fourth-order valence-corrected chi connectivity index (χ4v) is 1.74. The first-order valence-corrected chi connectivity index (χ1v) is 5.99. The Kier molecular flexibility index (Phi) is 3.82. The summed E-state index contributed by atoms with van der Waals surface area (Å²) in [5.41, 5.74) is 3.44. The molecule has 0 atom stereocenters. The Bertz CT molecular complexity index is 499. The van der Waals surface area contributed by atoms with Crippen LogP contribution in [0.15, 0.2) is 42.1 Å². The average Bonchev–Trinajstić information content (AvgIpc) is 2.37. The molecule has 1 aliphatic heterocycles. The minimum atomic E-state index is -0.307. The van der Waals surface area contributed by atoms with Crippen molar-refractivity contribution in [1.82, 2.24) is 4.90 Å². The number of carbonyl (C=O) groups is 1. The maximum Gasteiger partial charge on any atom is 0.414 e. The zero-order valence-corrected chi connectivity index (χ0v) is 10.7. The lowest BCUT2D eigenvalue weighted by molar-refractivity contribution is 0.125. The quantitative estimate of drug-likeness (QED) is 0.743. The molecule has 2 rings (SSSR count). The normalized spacial score (nSPS) is 12.9. The molecule has 0 N–H and O–H groups in total. The van der Waals surface area contributed by atoms with Crippen LogP contribution < -0.4 is 0 Å². The number of ether oxygens (including phenoxy) is 1. The summed E-state index contributed by atoms with van der Waals surface area (Å²) >= 11 is 0. The van der Waals surface area contributed by atoms with E-state index < -0.39 is 0 Å². The van der Waals surface area contributed by atoms with Gasteiger partial charge < -0.3 is 4.74 Å². The van der Waals surface area contributed by atoms with Crippen LogP contribution >= 0.6 is 0 Å². The lowest BCUT2D eigenvalue weighted by atomic mass is 10.1. The largest absolute Gasteiger partial charge is 0.445 e. The molecule has 0 unspecified atom stereocenters. The second kappa shape index (κ2) is 5.54. The van der Waals surface area contributed by atoms with Crippen molar-refractivity contribution in [3.63, 3.8) is 0 Å². The number of hydrogen-bond acceptors (Lipinski definition) is 2. The molecule has 1 aliphatic rings. The van der Waals surface area contributed by atoms with Gasteiger partial charge in [0.1, 0.15) is 6.61 Å². The summed E-state index contributed by atoms with van der Waals surface area (Å²) in [5.74, 6) is 0. The maximum absolute atomic E-state index is 11.8. The summed E-state index contributed by atoms with van der Waals surface area (Å²) in [6, 6.07) is 8.03. The van der Waals surface area contributed by atoms with Crippen LogP contribution in [0, 0.1) is 0 Å². The molecule has 1 aromatic rings. The summed E-state index contributed by atoms with van der Waals surface area (Å²) in [6.45, 7) is 4.85. The number of hydrogen-bond donors (Lipinski definition) is 0. The molecule has 3 nitrogen and oxygen atoms in total. The first-order chi connectivity index (χ1) is 8.66. The van der Waals surface area contributed by atoms with Crippen LogP contribution in [0.2, 0.25) is 0 Å². The highest BCUT2D eigenvalue weighted by atomic mass is 16.6. The lowest BCUT2D eigenvalue weighted by Gasteiger charge is -2.22. The third-order valence-corrected chi connectivity index (χ3v) is 2.76. The Labute approximate surface area is 107 Å². The minimum Gasteiger partial charge on any atom is -0.445 e. The molecular formula is C15H17NO2. The summed E-state index contributed by atoms with van der Waals surface area (Å²) in [6.07, 6.45) is 5.28. The van der Waals surface area contributed by atoms with Gasteiger partial charge in [-0.1, -0.05) is 29.8 Å². The van der Waals surface area contributed by atoms with E-state index in [2.05, 4.69) is 0 Å². The topological polar surface area (TPSA) is 29.5 Å². The van der Waals surface area contributed by atoms with Gasteiger partial charge >= 0.3 is 6.09 Å². The van der Waals surface area contributed by atoms with Crippen LogP contribution in [-0.2, 0) is 11.3 Å². The Hall–Kier alpha value is -2.03. The summed E-state index contributed by atoms with van der Waals surface area (Å²) in [7, 11) is 0. The van der Waals surface area contributed by atoms with Crippen molar-refractivity contribution in [3.05, 3.63) is 53.2 Å². The smallest absolute Gasteiger partial charge is 0.414 e. The number of amides is 1. The molecular weight excluding hydrogens is 226 g/mol. The predicted octanol–water partition coefficient (Wildman–Crippen LogP) is 3.58. The van der Waals surface area contributed by atoms with Crippen molar-refractivity contribution in [2.75, 3.05) is 6.61 Å². The van der Waals surface area contributed by atoms with E-state index in [1.54, 1.807) is 11.1 Å². The highest BCUT2D eigenvalue weighted by Gasteiger charge is 2.16. The summed E-state index contributed by atoms with van der Waals surface area (Å²) in [5, 5.41) is 0. The molecule has 94 valence electrons. The van der Waals surface area contributed by atoms with Crippen molar-refractivity contribution in [2.24, 2.45) is 0 Å². The molecule has 18 heavy (non-hydrogen) atoms. The van der Waals surface area contributed by atoms with Crippen LogP contribution in [0.5, 0.6) is 0 Å². The summed E-state index contributed by atoms with van der Waals surface area (Å²) < 4.78 is 5.17. The van der Waals surface area contributed by atoms with Gasteiger partial charge in [0.2, 0.25) is 0 Å². The molecule has 0 spiro atoms. The fourth-order valence-electron chi connectivity index (χ4n) is 1.74. The van der Waals surface area contributed by atoms with E-state index >= 15 is 0 Å². The number of rotatable bonds is 2. The van der Waals surface area contributed by atoms with Gasteiger partial charge in [-0.05, 0) is 37.1 Å². The third kappa shape index (κ3) is 3.00. The number of carbonyl (C=O) groups excluding carboxylic acids is 1. The highest BCUT2D eigenvalue weighted by molar-refractivity contribution is 5.72. The number of benzene rings is 1. The first kappa shape index (κ1) is 12.4. The molecule has 0 fully saturated rings. The highest BCUT2D eigenvalue weighted by Crippen LogP contribution is 2.19. The molecule has 0 aromatic heterocycles. The molecule has 0 bridgehead atoms. The fraction of sp³-hybridized carbons (Fsp3) is 0.267. The molecule has 0 saturated heterocycles. The lowest BCUT2D eigenvalue weighted by Crippen LogP contribution is -2.28. The minimum absolute atomic E-state index is 0.307. The number of nitrogens with zero attached hydrogens (tertiary/aromatic N) is 1. The van der Waals surface area contributed by atoms with E-state index in [-0.39, 0.29) is 6.09 Å². The SMILES string of the molecule is CC(C)=CCOC(=O)N1C=Cc2ccccc2C1. The van der Waals surface area contributed by atoms with Gasteiger partial charge in [0.15, 0.2) is 0 Å². The van der Waals surface area contributed by atoms with Gasteiger partial charge in [-0.3, -0.25) is 4.90 Å². The second-order valence-electron chi connectivity index (χ2n) is 4.50. The predicted molar refractivity (Wildman–Crippen MR) is 71.8 cm³/mol. The monoisotopic (exact) mass is 243 g/mol. The van der Waals surface area contributed by atoms with E-state index in [1.807, 2.05) is 50.3 Å². The van der Waals surface area contributed by atoms with Crippen molar-refractivity contribution in [1.29, 1.82) is 0 Å². The molecule has 1 amide bonds. The van der Waals surface area contributed by atoms with Gasteiger partial charge in [0.25, 0.3) is 0 Å². The Morgan fingerprint density at radius 3 is 2.94 bits per heavy atom. The van der Waals surface area contributed by atoms with Crippen molar-refractivity contribution >= 4 is 12.2 Å². The van der Waals surface area contributed by atoms with Gasteiger partial charge in [0, 0.05) is 6.20 Å². The Balaban J connectivity index is 1.97. The van der Waals surface area contributed by atoms with E-state index in [1.165, 1.54) is 0 Å². The van der Waals surface area contributed by atoms with Crippen LogP contribution in [-0.4, -0.2) is 17.6 Å². The number of fused-ring (bicyclic) bond motifs is 1. The van der Waals surface area contributed by atoms with E-state index in [9.17, 15) is 4.79 Å². The maximum atomic E-state index is 11.8. The number of allylic oxidation sites excluding steroid dienone is 1. The van der Waals surface area contributed by atoms with Crippen molar-refractivity contribution in [3.8, 4) is 0 Å². The van der Waals surface area contributed by atoms with Crippen molar-refractivity contribution in [2.45, 2.75) is 20.4 Å². The van der Waals surface area contributed by atoms with E-state index in [0.717, 1.165) is 16.7 Å². The summed E-state index contributed by atoms with van der Waals surface area (Å²) in [4.78, 5) is 13.4. The first-order valence-electron chi connectivity index (χ1n) is 5.99. The molecule has 3 heteroatoms. The Morgan fingerprint density at radius 2 is 2.17 bits per heavy atom. The van der Waals surface area contributed by atoms with Gasteiger partial charge in [-0.25, -0.2) is 4.79 Å². The molecule has 1 heterocycles.